The van der Waals surface area contributed by atoms with Crippen LogP contribution in [0.4, 0.5) is 0 Å². The second-order valence-electron chi connectivity index (χ2n) is 5.77. The summed E-state index contributed by atoms with van der Waals surface area (Å²) in [5.41, 5.74) is 1.76. The average molecular weight is 348 g/mol. The van der Waals surface area contributed by atoms with E-state index in [9.17, 15) is 9.90 Å². The molecule has 0 fully saturated rings. The number of carbonyl (C=O) groups excluding carboxylic acids is 1. The molecule has 2 aromatic carbocycles. The second kappa shape index (κ2) is 8.18. The predicted octanol–water partition coefficient (Wildman–Crippen LogP) is 3.99. The maximum absolute atomic E-state index is 12.3. The van der Waals surface area contributed by atoms with Crippen molar-refractivity contribution < 1.29 is 14.6 Å². The minimum Gasteiger partial charge on any atom is -0.484 e. The van der Waals surface area contributed by atoms with E-state index >= 15 is 0 Å². The highest BCUT2D eigenvalue weighted by Crippen LogP contribution is 2.22. The number of benzene rings is 2. The highest BCUT2D eigenvalue weighted by atomic mass is 35.5. The van der Waals surface area contributed by atoms with Gasteiger partial charge in [-0.25, -0.2) is 0 Å². The molecule has 5 heteroatoms. The van der Waals surface area contributed by atoms with Crippen LogP contribution in [0.3, 0.4) is 0 Å². The molecule has 0 spiro atoms. The fourth-order valence-electron chi connectivity index (χ4n) is 2.29. The molecule has 2 unspecified atom stereocenters. The van der Waals surface area contributed by atoms with Crippen LogP contribution < -0.4 is 4.74 Å². The summed E-state index contributed by atoms with van der Waals surface area (Å²) in [5, 5.41) is 10.3. The molecule has 2 atom stereocenters. The fraction of sp³-hybridized carbons (Fsp3) is 0.316. The van der Waals surface area contributed by atoms with E-state index in [1.807, 2.05) is 37.3 Å². The van der Waals surface area contributed by atoms with Crippen molar-refractivity contribution in [3.63, 3.8) is 0 Å². The van der Waals surface area contributed by atoms with Gasteiger partial charge in [0.1, 0.15) is 5.75 Å². The summed E-state index contributed by atoms with van der Waals surface area (Å²) in [7, 11) is 1.75. The number of ether oxygens (including phenoxy) is 1. The molecule has 0 aliphatic heterocycles. The lowest BCUT2D eigenvalue weighted by Crippen LogP contribution is -2.33. The van der Waals surface area contributed by atoms with Crippen molar-refractivity contribution in [1.82, 2.24) is 4.90 Å². The van der Waals surface area contributed by atoms with E-state index < -0.39 is 6.10 Å². The van der Waals surface area contributed by atoms with Crippen LogP contribution in [0.25, 0.3) is 0 Å². The quantitative estimate of drug-likeness (QED) is 0.859. The first kappa shape index (κ1) is 18.3. The molecule has 0 bridgehead atoms. The van der Waals surface area contributed by atoms with E-state index in [-0.39, 0.29) is 18.6 Å². The Morgan fingerprint density at radius 2 is 1.83 bits per heavy atom. The molecular weight excluding hydrogens is 326 g/mol. The number of halogens is 1. The first-order valence-electron chi connectivity index (χ1n) is 7.80. The normalized spacial score (nSPS) is 13.2. The maximum Gasteiger partial charge on any atom is 0.260 e. The standard InChI is InChI=1S/C19H22ClNO3/c1-13(15-7-9-17(20)10-8-15)21(3)19(23)12-24-18-6-4-5-16(11-18)14(2)22/h4-11,13-14,22H,12H2,1-3H3. The van der Waals surface area contributed by atoms with E-state index in [0.29, 0.717) is 10.8 Å². The smallest absolute Gasteiger partial charge is 0.260 e. The van der Waals surface area contributed by atoms with Gasteiger partial charge < -0.3 is 14.7 Å². The zero-order valence-electron chi connectivity index (χ0n) is 14.1. The fourth-order valence-corrected chi connectivity index (χ4v) is 2.42. The largest absolute Gasteiger partial charge is 0.484 e. The summed E-state index contributed by atoms with van der Waals surface area (Å²) in [4.78, 5) is 14.0. The van der Waals surface area contributed by atoms with Gasteiger partial charge in [0, 0.05) is 12.1 Å². The molecule has 128 valence electrons. The van der Waals surface area contributed by atoms with Crippen LogP contribution in [0.1, 0.15) is 37.1 Å². The third-order valence-electron chi connectivity index (χ3n) is 4.03. The molecule has 0 radical (unpaired) electrons. The van der Waals surface area contributed by atoms with Gasteiger partial charge >= 0.3 is 0 Å². The molecule has 0 aliphatic carbocycles. The first-order chi connectivity index (χ1) is 11.4. The lowest BCUT2D eigenvalue weighted by molar-refractivity contribution is -0.134. The summed E-state index contributed by atoms with van der Waals surface area (Å²) in [6.07, 6.45) is -0.572. The van der Waals surface area contributed by atoms with Gasteiger partial charge in [-0.3, -0.25) is 4.79 Å². The minimum absolute atomic E-state index is 0.0578. The van der Waals surface area contributed by atoms with Gasteiger partial charge in [-0.2, -0.15) is 0 Å². The zero-order chi connectivity index (χ0) is 17.7. The third-order valence-corrected chi connectivity index (χ3v) is 4.28. The number of likely N-dealkylation sites (N-methyl/N-ethyl adjacent to an activating group) is 1. The Morgan fingerprint density at radius 1 is 1.17 bits per heavy atom. The maximum atomic E-state index is 12.3. The Morgan fingerprint density at radius 3 is 2.46 bits per heavy atom. The van der Waals surface area contributed by atoms with E-state index in [1.165, 1.54) is 0 Å². The van der Waals surface area contributed by atoms with Crippen LogP contribution in [-0.2, 0) is 4.79 Å². The van der Waals surface area contributed by atoms with Crippen molar-refractivity contribution in [2.75, 3.05) is 13.7 Å². The number of hydrogen-bond donors (Lipinski definition) is 1. The Bertz CT molecular complexity index is 685. The van der Waals surface area contributed by atoms with E-state index in [2.05, 4.69) is 0 Å². The number of rotatable bonds is 6. The van der Waals surface area contributed by atoms with Crippen molar-refractivity contribution in [1.29, 1.82) is 0 Å². The van der Waals surface area contributed by atoms with Crippen molar-refractivity contribution in [2.24, 2.45) is 0 Å². The predicted molar refractivity (Wildman–Crippen MR) is 95.2 cm³/mol. The molecule has 0 saturated heterocycles. The second-order valence-corrected chi connectivity index (χ2v) is 6.21. The van der Waals surface area contributed by atoms with Crippen LogP contribution in [0.15, 0.2) is 48.5 Å². The molecule has 1 amide bonds. The van der Waals surface area contributed by atoms with Crippen molar-refractivity contribution in [2.45, 2.75) is 26.0 Å². The summed E-state index contributed by atoms with van der Waals surface area (Å²) < 4.78 is 5.56. The molecule has 0 saturated carbocycles. The Labute approximate surface area is 147 Å². The molecule has 0 aromatic heterocycles. The topological polar surface area (TPSA) is 49.8 Å². The van der Waals surface area contributed by atoms with Gasteiger partial charge in [0.15, 0.2) is 6.61 Å². The van der Waals surface area contributed by atoms with Gasteiger partial charge in [-0.15, -0.1) is 0 Å². The Kier molecular flexibility index (Phi) is 6.23. The summed E-state index contributed by atoms with van der Waals surface area (Å²) in [6, 6.07) is 14.5. The van der Waals surface area contributed by atoms with Gasteiger partial charge in [0.05, 0.1) is 12.1 Å². The molecule has 4 nitrogen and oxygen atoms in total. The van der Waals surface area contributed by atoms with Gasteiger partial charge in [-0.05, 0) is 49.2 Å². The van der Waals surface area contributed by atoms with Crippen LogP contribution in [0.5, 0.6) is 5.75 Å². The van der Waals surface area contributed by atoms with Crippen LogP contribution in [-0.4, -0.2) is 29.6 Å². The SMILES string of the molecule is CC(O)c1cccc(OCC(=O)N(C)C(C)c2ccc(Cl)cc2)c1. The molecule has 24 heavy (non-hydrogen) atoms. The highest BCUT2D eigenvalue weighted by molar-refractivity contribution is 6.30. The number of aliphatic hydroxyl groups excluding tert-OH is 1. The van der Waals surface area contributed by atoms with Crippen molar-refractivity contribution in [3.8, 4) is 5.75 Å². The van der Waals surface area contributed by atoms with Crippen molar-refractivity contribution >= 4 is 17.5 Å². The number of hydrogen-bond acceptors (Lipinski definition) is 3. The summed E-state index contributed by atoms with van der Waals surface area (Å²) in [6.45, 7) is 3.58. The number of carbonyl (C=O) groups is 1. The zero-order valence-corrected chi connectivity index (χ0v) is 14.8. The van der Waals surface area contributed by atoms with Crippen LogP contribution in [0, 0.1) is 0 Å². The van der Waals surface area contributed by atoms with Crippen molar-refractivity contribution in [3.05, 3.63) is 64.7 Å². The van der Waals surface area contributed by atoms with Crippen LogP contribution >= 0.6 is 11.6 Å². The molecular formula is C19H22ClNO3. The molecule has 2 aromatic rings. The summed E-state index contributed by atoms with van der Waals surface area (Å²) >= 11 is 5.89. The number of nitrogens with zero attached hydrogens (tertiary/aromatic N) is 1. The van der Waals surface area contributed by atoms with E-state index in [0.717, 1.165) is 11.1 Å². The van der Waals surface area contributed by atoms with Gasteiger partial charge in [0.2, 0.25) is 0 Å². The molecule has 1 N–H and O–H groups in total. The monoisotopic (exact) mass is 347 g/mol. The highest BCUT2D eigenvalue weighted by Gasteiger charge is 2.18. The number of amides is 1. The Balaban J connectivity index is 1.96. The van der Waals surface area contributed by atoms with Gasteiger partial charge in [0.25, 0.3) is 5.91 Å². The number of aliphatic hydroxyl groups is 1. The minimum atomic E-state index is -0.572. The lowest BCUT2D eigenvalue weighted by atomic mass is 10.1. The molecule has 0 aliphatic rings. The van der Waals surface area contributed by atoms with Gasteiger partial charge in [-0.1, -0.05) is 35.9 Å². The summed E-state index contributed by atoms with van der Waals surface area (Å²) in [5.74, 6) is 0.439. The average Bonchev–Trinajstić information content (AvgIpc) is 2.59. The Hall–Kier alpha value is -2.04. The van der Waals surface area contributed by atoms with E-state index in [4.69, 9.17) is 16.3 Å². The lowest BCUT2D eigenvalue weighted by Gasteiger charge is -2.25. The molecule has 0 heterocycles. The molecule has 2 rings (SSSR count). The third kappa shape index (κ3) is 4.73. The first-order valence-corrected chi connectivity index (χ1v) is 8.18. The van der Waals surface area contributed by atoms with Crippen LogP contribution in [0.2, 0.25) is 5.02 Å². The van der Waals surface area contributed by atoms with E-state index in [1.54, 1.807) is 37.1 Å².